The third-order valence-corrected chi connectivity index (χ3v) is 3.10. The summed E-state index contributed by atoms with van der Waals surface area (Å²) in [6.45, 7) is 0.257. The van der Waals surface area contributed by atoms with Gasteiger partial charge in [0.2, 0.25) is 0 Å². The van der Waals surface area contributed by atoms with Crippen LogP contribution in [0.15, 0.2) is 11.0 Å². The number of hydrogen-bond acceptors (Lipinski definition) is 3. The molecule has 1 fully saturated rings. The maximum atomic E-state index is 11.5. The van der Waals surface area contributed by atoms with E-state index < -0.39 is 0 Å². The van der Waals surface area contributed by atoms with Crippen LogP contribution in [0.3, 0.4) is 0 Å². The molecule has 0 atom stereocenters. The van der Waals surface area contributed by atoms with E-state index in [1.54, 1.807) is 6.20 Å². The first-order chi connectivity index (χ1) is 7.31. The van der Waals surface area contributed by atoms with Gasteiger partial charge >= 0.3 is 0 Å². The van der Waals surface area contributed by atoms with Crippen molar-refractivity contribution >= 4 is 0 Å². The molecule has 4 heteroatoms. The lowest BCUT2D eigenvalue weighted by atomic mass is 9.89. The summed E-state index contributed by atoms with van der Waals surface area (Å²) in [5, 5.41) is 0. The maximum absolute atomic E-state index is 11.5. The van der Waals surface area contributed by atoms with Crippen LogP contribution in [0.1, 0.15) is 49.4 Å². The van der Waals surface area contributed by atoms with Crippen LogP contribution in [-0.4, -0.2) is 9.97 Å². The van der Waals surface area contributed by atoms with Gasteiger partial charge in [0.05, 0.1) is 0 Å². The van der Waals surface area contributed by atoms with Crippen molar-refractivity contribution in [1.29, 1.82) is 0 Å². The second-order valence-electron chi connectivity index (χ2n) is 4.16. The van der Waals surface area contributed by atoms with Crippen LogP contribution in [0.2, 0.25) is 0 Å². The molecule has 0 saturated heterocycles. The first kappa shape index (κ1) is 10.4. The van der Waals surface area contributed by atoms with E-state index >= 15 is 0 Å². The summed E-state index contributed by atoms with van der Waals surface area (Å²) in [5.74, 6) is 1.29. The van der Waals surface area contributed by atoms with Gasteiger partial charge in [-0.25, -0.2) is 4.98 Å². The predicted molar refractivity (Wildman–Crippen MR) is 58.6 cm³/mol. The average molecular weight is 207 g/mol. The van der Waals surface area contributed by atoms with Crippen molar-refractivity contribution in [2.75, 3.05) is 0 Å². The molecular weight excluding hydrogens is 190 g/mol. The lowest BCUT2D eigenvalue weighted by Gasteiger charge is -2.20. The molecule has 1 aliphatic carbocycles. The number of aromatic nitrogens is 2. The standard InChI is InChI=1S/C11H17N3O/c12-6-9-7-13-10(14-11(9)15)8-4-2-1-3-5-8/h7-8H,1-6,12H2,(H,13,14,15). The van der Waals surface area contributed by atoms with E-state index in [0.717, 1.165) is 18.7 Å². The van der Waals surface area contributed by atoms with Crippen molar-refractivity contribution < 1.29 is 0 Å². The van der Waals surface area contributed by atoms with Crippen molar-refractivity contribution in [2.45, 2.75) is 44.6 Å². The van der Waals surface area contributed by atoms with Crippen LogP contribution < -0.4 is 11.3 Å². The Morgan fingerprint density at radius 3 is 2.73 bits per heavy atom. The first-order valence-corrected chi connectivity index (χ1v) is 5.59. The largest absolute Gasteiger partial charge is 0.326 e. The van der Waals surface area contributed by atoms with Crippen LogP contribution >= 0.6 is 0 Å². The van der Waals surface area contributed by atoms with E-state index in [2.05, 4.69) is 9.97 Å². The van der Waals surface area contributed by atoms with E-state index in [4.69, 9.17) is 5.73 Å². The molecule has 0 radical (unpaired) electrons. The minimum atomic E-state index is -0.0759. The highest BCUT2D eigenvalue weighted by atomic mass is 16.1. The number of nitrogens with one attached hydrogen (secondary N) is 1. The quantitative estimate of drug-likeness (QED) is 0.767. The van der Waals surface area contributed by atoms with E-state index in [-0.39, 0.29) is 12.1 Å². The van der Waals surface area contributed by atoms with Gasteiger partial charge in [-0.3, -0.25) is 4.79 Å². The maximum Gasteiger partial charge on any atom is 0.255 e. The monoisotopic (exact) mass is 207 g/mol. The van der Waals surface area contributed by atoms with Crippen LogP contribution in [0.25, 0.3) is 0 Å². The zero-order chi connectivity index (χ0) is 10.7. The van der Waals surface area contributed by atoms with Crippen LogP contribution in [0.4, 0.5) is 0 Å². The van der Waals surface area contributed by atoms with Gasteiger partial charge < -0.3 is 10.7 Å². The summed E-state index contributed by atoms with van der Waals surface area (Å²) >= 11 is 0. The van der Waals surface area contributed by atoms with Crippen molar-refractivity contribution in [3.8, 4) is 0 Å². The highest BCUT2D eigenvalue weighted by Crippen LogP contribution is 2.29. The highest BCUT2D eigenvalue weighted by molar-refractivity contribution is 5.07. The Kier molecular flexibility index (Phi) is 3.16. The Labute approximate surface area is 88.9 Å². The minimum Gasteiger partial charge on any atom is -0.326 e. The number of rotatable bonds is 2. The highest BCUT2D eigenvalue weighted by Gasteiger charge is 2.17. The topological polar surface area (TPSA) is 71.8 Å². The zero-order valence-electron chi connectivity index (χ0n) is 8.83. The molecule has 0 unspecified atom stereocenters. The molecule has 0 amide bonds. The molecular formula is C11H17N3O. The van der Waals surface area contributed by atoms with Crippen molar-refractivity contribution in [2.24, 2.45) is 5.73 Å². The number of aromatic amines is 1. The Bertz CT molecular complexity index is 380. The SMILES string of the molecule is NCc1cnc(C2CCCCC2)[nH]c1=O. The Morgan fingerprint density at radius 2 is 2.13 bits per heavy atom. The Hall–Kier alpha value is -1.16. The molecule has 0 spiro atoms. The van der Waals surface area contributed by atoms with Crippen molar-refractivity contribution in [1.82, 2.24) is 9.97 Å². The minimum absolute atomic E-state index is 0.0759. The number of nitrogens with two attached hydrogens (primary N) is 1. The summed E-state index contributed by atoms with van der Waals surface area (Å²) in [5.41, 5.74) is 5.91. The summed E-state index contributed by atoms with van der Waals surface area (Å²) in [6, 6.07) is 0. The molecule has 0 aliphatic heterocycles. The van der Waals surface area contributed by atoms with Gasteiger partial charge in [0, 0.05) is 24.2 Å². The fourth-order valence-electron chi connectivity index (χ4n) is 2.16. The van der Waals surface area contributed by atoms with Crippen LogP contribution in [0, 0.1) is 0 Å². The average Bonchev–Trinajstić information content (AvgIpc) is 2.30. The molecule has 1 aromatic rings. The number of H-pyrrole nitrogens is 1. The lowest BCUT2D eigenvalue weighted by Crippen LogP contribution is -2.21. The molecule has 1 heterocycles. The molecule has 82 valence electrons. The Balaban J connectivity index is 2.21. The van der Waals surface area contributed by atoms with Gasteiger partial charge in [-0.15, -0.1) is 0 Å². The number of hydrogen-bond donors (Lipinski definition) is 2. The van der Waals surface area contributed by atoms with Crippen molar-refractivity contribution in [3.05, 3.63) is 27.9 Å². The zero-order valence-corrected chi connectivity index (χ0v) is 8.83. The van der Waals surface area contributed by atoms with E-state index in [1.807, 2.05) is 0 Å². The second kappa shape index (κ2) is 4.57. The van der Waals surface area contributed by atoms with Gasteiger partial charge in [-0.05, 0) is 12.8 Å². The lowest BCUT2D eigenvalue weighted by molar-refractivity contribution is 0.427. The second-order valence-corrected chi connectivity index (χ2v) is 4.16. The molecule has 1 aliphatic rings. The fourth-order valence-corrected chi connectivity index (χ4v) is 2.16. The fraction of sp³-hybridized carbons (Fsp3) is 0.636. The van der Waals surface area contributed by atoms with Gasteiger partial charge in [-0.1, -0.05) is 19.3 Å². The summed E-state index contributed by atoms with van der Waals surface area (Å²) in [6.07, 6.45) is 7.69. The molecule has 15 heavy (non-hydrogen) atoms. The van der Waals surface area contributed by atoms with Gasteiger partial charge in [-0.2, -0.15) is 0 Å². The predicted octanol–water partition coefficient (Wildman–Crippen LogP) is 1.28. The smallest absolute Gasteiger partial charge is 0.255 e. The van der Waals surface area contributed by atoms with Gasteiger partial charge in [0.1, 0.15) is 5.82 Å². The van der Waals surface area contributed by atoms with Gasteiger partial charge in [0.15, 0.2) is 0 Å². The Morgan fingerprint density at radius 1 is 1.40 bits per heavy atom. The van der Waals surface area contributed by atoms with Gasteiger partial charge in [0.25, 0.3) is 5.56 Å². The molecule has 2 rings (SSSR count). The third-order valence-electron chi connectivity index (χ3n) is 3.10. The molecule has 3 N–H and O–H groups in total. The summed E-state index contributed by atoms with van der Waals surface area (Å²) in [4.78, 5) is 18.7. The molecule has 1 aromatic heterocycles. The molecule has 4 nitrogen and oxygen atoms in total. The molecule has 1 saturated carbocycles. The van der Waals surface area contributed by atoms with Crippen LogP contribution in [0.5, 0.6) is 0 Å². The summed E-state index contributed by atoms with van der Waals surface area (Å²) in [7, 11) is 0. The number of nitrogens with zero attached hydrogens (tertiary/aromatic N) is 1. The molecule has 0 bridgehead atoms. The van der Waals surface area contributed by atoms with Crippen LogP contribution in [-0.2, 0) is 6.54 Å². The van der Waals surface area contributed by atoms with E-state index in [9.17, 15) is 4.79 Å². The summed E-state index contributed by atoms with van der Waals surface area (Å²) < 4.78 is 0. The first-order valence-electron chi connectivity index (χ1n) is 5.59. The van der Waals surface area contributed by atoms with E-state index in [0.29, 0.717) is 11.5 Å². The normalized spacial score (nSPS) is 17.9. The van der Waals surface area contributed by atoms with E-state index in [1.165, 1.54) is 19.3 Å². The van der Waals surface area contributed by atoms with Crippen molar-refractivity contribution in [3.63, 3.8) is 0 Å². The third kappa shape index (κ3) is 2.26. The molecule has 0 aromatic carbocycles.